The maximum absolute atomic E-state index is 13.7. The molecular formula is C26H29FN4O4. The van der Waals surface area contributed by atoms with Crippen molar-refractivity contribution in [3.63, 3.8) is 0 Å². The van der Waals surface area contributed by atoms with Gasteiger partial charge in [-0.3, -0.25) is 24.3 Å². The van der Waals surface area contributed by atoms with Crippen LogP contribution in [-0.2, 0) is 20.9 Å². The van der Waals surface area contributed by atoms with Gasteiger partial charge in [-0.05, 0) is 54.8 Å². The van der Waals surface area contributed by atoms with Gasteiger partial charge < -0.3 is 15.0 Å². The fraction of sp³-hybridized carbons (Fsp3) is 0.462. The van der Waals surface area contributed by atoms with Crippen LogP contribution in [0.3, 0.4) is 0 Å². The lowest BCUT2D eigenvalue weighted by molar-refractivity contribution is -0.149. The fourth-order valence-electron chi connectivity index (χ4n) is 5.10. The topological polar surface area (TPSA) is 91.8 Å². The molecule has 1 atom stereocenters. The van der Waals surface area contributed by atoms with Crippen molar-refractivity contribution in [1.29, 1.82) is 0 Å². The summed E-state index contributed by atoms with van der Waals surface area (Å²) in [6.45, 7) is 1.29. The molecule has 3 heterocycles. The number of pyridine rings is 1. The third kappa shape index (κ3) is 4.65. The Labute approximate surface area is 203 Å². The van der Waals surface area contributed by atoms with Crippen LogP contribution in [0.25, 0.3) is 0 Å². The minimum Gasteiger partial charge on any atom is -0.353 e. The molecule has 2 aromatic rings. The monoisotopic (exact) mass is 480 g/mol. The summed E-state index contributed by atoms with van der Waals surface area (Å²) in [6, 6.07) is 8.09. The summed E-state index contributed by atoms with van der Waals surface area (Å²) in [5.74, 6) is -0.861. The van der Waals surface area contributed by atoms with E-state index >= 15 is 0 Å². The number of hydrogen-bond donors (Lipinski definition) is 1. The van der Waals surface area contributed by atoms with Gasteiger partial charge in [0, 0.05) is 56.4 Å². The van der Waals surface area contributed by atoms with E-state index in [1.165, 1.54) is 29.2 Å². The van der Waals surface area contributed by atoms with Crippen LogP contribution in [0, 0.1) is 11.7 Å². The van der Waals surface area contributed by atoms with E-state index in [-0.39, 0.29) is 35.8 Å². The Bertz CT molecular complexity index is 1080. The second-order valence-corrected chi connectivity index (χ2v) is 9.48. The van der Waals surface area contributed by atoms with E-state index in [2.05, 4.69) is 10.3 Å². The molecule has 1 aliphatic carbocycles. The van der Waals surface area contributed by atoms with Gasteiger partial charge >= 0.3 is 0 Å². The van der Waals surface area contributed by atoms with Crippen molar-refractivity contribution in [3.8, 4) is 0 Å². The molecule has 0 bridgehead atoms. The van der Waals surface area contributed by atoms with Gasteiger partial charge in [-0.15, -0.1) is 0 Å². The highest BCUT2D eigenvalue weighted by molar-refractivity contribution is 5.98. The van der Waals surface area contributed by atoms with Crippen molar-refractivity contribution in [2.75, 3.05) is 19.7 Å². The Balaban J connectivity index is 1.35. The van der Waals surface area contributed by atoms with Crippen LogP contribution in [0.2, 0.25) is 0 Å². The minimum atomic E-state index is -0.986. The van der Waals surface area contributed by atoms with Crippen LogP contribution in [0.5, 0.6) is 0 Å². The minimum absolute atomic E-state index is 0.0612. The number of benzene rings is 1. The first kappa shape index (κ1) is 23.4. The number of piperidine rings is 1. The normalized spacial score (nSPS) is 21.6. The molecule has 3 amide bonds. The molecular weight excluding hydrogens is 451 g/mol. The number of aromatic nitrogens is 1. The number of hydrogen-bond acceptors (Lipinski definition) is 5. The number of amides is 3. The third-order valence-electron chi connectivity index (χ3n) is 7.40. The summed E-state index contributed by atoms with van der Waals surface area (Å²) < 4.78 is 19.7. The number of likely N-dealkylation sites (tertiary alicyclic amines) is 1. The van der Waals surface area contributed by atoms with Crippen LogP contribution >= 0.6 is 0 Å². The Morgan fingerprint density at radius 3 is 2.37 bits per heavy atom. The van der Waals surface area contributed by atoms with Crippen LogP contribution in [0.15, 0.2) is 48.8 Å². The van der Waals surface area contributed by atoms with Gasteiger partial charge in [0.2, 0.25) is 11.8 Å². The summed E-state index contributed by atoms with van der Waals surface area (Å²) in [4.78, 5) is 47.0. The zero-order valence-corrected chi connectivity index (χ0v) is 19.5. The summed E-state index contributed by atoms with van der Waals surface area (Å²) in [5.41, 5.74) is 0.193. The lowest BCUT2D eigenvalue weighted by Gasteiger charge is -2.45. The van der Waals surface area contributed by atoms with E-state index in [9.17, 15) is 18.8 Å². The second-order valence-electron chi connectivity index (χ2n) is 9.48. The molecule has 9 heteroatoms. The Morgan fingerprint density at radius 1 is 1.06 bits per heavy atom. The Morgan fingerprint density at radius 2 is 1.74 bits per heavy atom. The summed E-state index contributed by atoms with van der Waals surface area (Å²) in [5, 5.41) is 2.90. The van der Waals surface area contributed by atoms with Gasteiger partial charge in [0.1, 0.15) is 17.6 Å². The molecule has 2 saturated heterocycles. The molecule has 8 nitrogen and oxygen atoms in total. The quantitative estimate of drug-likeness (QED) is 0.710. The van der Waals surface area contributed by atoms with Crippen LogP contribution in [-0.4, -0.2) is 64.0 Å². The van der Waals surface area contributed by atoms with E-state index in [1.54, 1.807) is 12.4 Å². The molecule has 35 heavy (non-hydrogen) atoms. The van der Waals surface area contributed by atoms with Crippen LogP contribution < -0.4 is 5.32 Å². The molecule has 0 radical (unpaired) electrons. The summed E-state index contributed by atoms with van der Waals surface area (Å²) >= 11 is 0. The Hall–Kier alpha value is -3.33. The number of rotatable bonds is 5. The van der Waals surface area contributed by atoms with E-state index in [4.69, 9.17) is 4.74 Å². The highest BCUT2D eigenvalue weighted by Crippen LogP contribution is 2.39. The van der Waals surface area contributed by atoms with Gasteiger partial charge in [-0.25, -0.2) is 4.39 Å². The molecule has 2 aliphatic heterocycles. The van der Waals surface area contributed by atoms with Gasteiger partial charge in [-0.1, -0.05) is 6.42 Å². The fourth-order valence-corrected chi connectivity index (χ4v) is 5.10. The number of halogens is 1. The van der Waals surface area contributed by atoms with E-state index < -0.39 is 17.6 Å². The largest absolute Gasteiger partial charge is 0.353 e. The second kappa shape index (κ2) is 9.73. The summed E-state index contributed by atoms with van der Waals surface area (Å²) in [7, 11) is 0. The van der Waals surface area contributed by atoms with Crippen LogP contribution in [0.4, 0.5) is 4.39 Å². The van der Waals surface area contributed by atoms with Crippen molar-refractivity contribution in [3.05, 3.63) is 65.7 Å². The predicted octanol–water partition coefficient (Wildman–Crippen LogP) is 2.50. The smallest absolute Gasteiger partial charge is 0.256 e. The lowest BCUT2D eigenvalue weighted by Crippen LogP contribution is -2.60. The van der Waals surface area contributed by atoms with Crippen molar-refractivity contribution < 1.29 is 23.5 Å². The highest BCUT2D eigenvalue weighted by Gasteiger charge is 2.54. The average Bonchev–Trinajstić information content (AvgIpc) is 3.21. The molecule has 1 aromatic heterocycles. The Kier molecular flexibility index (Phi) is 6.51. The number of carbonyl (C=O) groups is 3. The van der Waals surface area contributed by atoms with Gasteiger partial charge in [0.25, 0.3) is 5.91 Å². The third-order valence-corrected chi connectivity index (χ3v) is 7.40. The van der Waals surface area contributed by atoms with Gasteiger partial charge in [-0.2, -0.15) is 0 Å². The highest BCUT2D eigenvalue weighted by atomic mass is 19.1. The predicted molar refractivity (Wildman–Crippen MR) is 124 cm³/mol. The lowest BCUT2D eigenvalue weighted by atomic mass is 9.83. The zero-order chi connectivity index (χ0) is 24.4. The van der Waals surface area contributed by atoms with E-state index in [0.717, 1.165) is 24.8 Å². The molecule has 184 valence electrons. The molecule has 3 aliphatic rings. The first-order chi connectivity index (χ1) is 17.0. The summed E-state index contributed by atoms with van der Waals surface area (Å²) in [6.07, 6.45) is 7.11. The maximum atomic E-state index is 13.7. The molecule has 3 fully saturated rings. The number of ether oxygens (including phenoxy) is 1. The number of carbonyl (C=O) groups excluding carboxylic acids is 3. The first-order valence-electron chi connectivity index (χ1n) is 12.2. The molecule has 1 aromatic carbocycles. The number of nitrogens with one attached hydrogen (secondary N) is 1. The van der Waals surface area contributed by atoms with E-state index in [0.29, 0.717) is 32.5 Å². The maximum Gasteiger partial charge on any atom is 0.256 e. The van der Waals surface area contributed by atoms with Crippen molar-refractivity contribution in [2.45, 2.75) is 50.4 Å². The molecule has 1 spiro atoms. The standard InChI is InChI=1S/C26H29FN4O4/c27-21-6-4-20(5-7-21)25(34)31-22(23(32)29-16-18-8-12-28-13-9-18)17-35-26(31)10-14-30(15-11-26)24(33)19-2-1-3-19/h4-9,12-13,19,22H,1-3,10-11,14-17H2,(H,29,32). The van der Waals surface area contributed by atoms with Gasteiger partial charge in [0.05, 0.1) is 6.61 Å². The number of nitrogens with zero attached hydrogens (tertiary/aromatic N) is 3. The van der Waals surface area contributed by atoms with Crippen molar-refractivity contribution in [2.24, 2.45) is 5.92 Å². The van der Waals surface area contributed by atoms with Crippen molar-refractivity contribution in [1.82, 2.24) is 20.1 Å². The molecule has 1 N–H and O–H groups in total. The van der Waals surface area contributed by atoms with Crippen molar-refractivity contribution >= 4 is 17.7 Å². The zero-order valence-electron chi connectivity index (χ0n) is 19.5. The molecule has 1 unspecified atom stereocenters. The average molecular weight is 481 g/mol. The first-order valence-corrected chi connectivity index (χ1v) is 12.2. The van der Waals surface area contributed by atoms with Crippen LogP contribution in [0.1, 0.15) is 48.0 Å². The van der Waals surface area contributed by atoms with E-state index in [1.807, 2.05) is 17.0 Å². The molecule has 5 rings (SSSR count). The van der Waals surface area contributed by atoms with Gasteiger partial charge in [0.15, 0.2) is 0 Å². The SMILES string of the molecule is O=C(NCc1ccncc1)C1COC2(CCN(C(=O)C3CCC3)CC2)N1C(=O)c1ccc(F)cc1. The molecule has 1 saturated carbocycles.